The average molecular weight is 481 g/mol. The summed E-state index contributed by atoms with van der Waals surface area (Å²) < 4.78 is 21.4. The van der Waals surface area contributed by atoms with E-state index in [-0.39, 0.29) is 5.96 Å². The number of aliphatic hydroxyl groups excluding tert-OH is 7. The van der Waals surface area contributed by atoms with Crippen LogP contribution in [0.4, 0.5) is 0 Å². The van der Waals surface area contributed by atoms with Crippen LogP contribution in [0.2, 0.25) is 0 Å². The molecule has 188 valence electrons. The van der Waals surface area contributed by atoms with Crippen molar-refractivity contribution >= 4 is 5.96 Å². The van der Waals surface area contributed by atoms with Gasteiger partial charge in [0.05, 0.1) is 19.1 Å². The van der Waals surface area contributed by atoms with Gasteiger partial charge in [-0.3, -0.25) is 0 Å². The first-order valence-corrected chi connectivity index (χ1v) is 10.3. The van der Waals surface area contributed by atoms with Gasteiger partial charge in [-0.25, -0.2) is 4.99 Å². The zero-order valence-electron chi connectivity index (χ0n) is 16.9. The molecule has 6 rings (SSSR count). The van der Waals surface area contributed by atoms with Gasteiger partial charge in [0.1, 0.15) is 53.9 Å². The number of hydrogen-bond donors (Lipinski definition) is 11. The SMILES string of the molecule is NC1=N[C@H](O)[C@H]2C3O[C@]4(O)OC([C@@H](O)[C@@]2(N1)[C@@H]4O)[C@@]3(O)COC1O[C@H](CO)[C@H](O)[C@H](O)[C@H]1O. The van der Waals surface area contributed by atoms with Gasteiger partial charge in [-0.15, -0.1) is 0 Å². The van der Waals surface area contributed by atoms with Crippen molar-refractivity contribution < 1.29 is 64.9 Å². The van der Waals surface area contributed by atoms with Crippen LogP contribution < -0.4 is 11.1 Å². The number of nitrogens with two attached hydrogens (primary N) is 1. The molecular formula is C17H27N3O13. The number of rotatable bonds is 4. The van der Waals surface area contributed by atoms with Crippen LogP contribution in [-0.4, -0.2) is 144 Å². The molecule has 0 amide bonds. The fourth-order valence-corrected chi connectivity index (χ4v) is 5.64. The van der Waals surface area contributed by atoms with Crippen molar-refractivity contribution in [2.45, 2.75) is 78.5 Å². The van der Waals surface area contributed by atoms with Crippen LogP contribution in [0.3, 0.4) is 0 Å². The van der Waals surface area contributed by atoms with Crippen LogP contribution in [0.5, 0.6) is 0 Å². The molecule has 5 heterocycles. The minimum atomic E-state index is -2.68. The van der Waals surface area contributed by atoms with Gasteiger partial charge in [0.2, 0.25) is 0 Å². The number of nitrogens with one attached hydrogen (secondary N) is 1. The molecule has 1 saturated carbocycles. The summed E-state index contributed by atoms with van der Waals surface area (Å²) in [6.07, 6.45) is -16.7. The summed E-state index contributed by atoms with van der Waals surface area (Å²) in [6.45, 7) is -1.51. The Morgan fingerprint density at radius 2 is 1.67 bits per heavy atom. The zero-order chi connectivity index (χ0) is 24.1. The van der Waals surface area contributed by atoms with E-state index in [1.54, 1.807) is 0 Å². The summed E-state index contributed by atoms with van der Waals surface area (Å²) in [5.41, 5.74) is 1.47. The first-order chi connectivity index (χ1) is 15.4. The molecule has 5 aliphatic heterocycles. The lowest BCUT2D eigenvalue weighted by atomic mass is 9.55. The van der Waals surface area contributed by atoms with E-state index < -0.39 is 97.6 Å². The molecule has 3 unspecified atom stereocenters. The van der Waals surface area contributed by atoms with Gasteiger partial charge in [0.15, 0.2) is 24.6 Å². The maximum Gasteiger partial charge on any atom is 0.311 e. The molecule has 33 heavy (non-hydrogen) atoms. The lowest BCUT2D eigenvalue weighted by Gasteiger charge is -2.71. The largest absolute Gasteiger partial charge is 0.394 e. The van der Waals surface area contributed by atoms with E-state index in [1.165, 1.54) is 0 Å². The molecule has 6 aliphatic rings. The lowest BCUT2D eigenvalue weighted by molar-refractivity contribution is -0.549. The molecule has 4 saturated heterocycles. The summed E-state index contributed by atoms with van der Waals surface area (Å²) in [4.78, 5) is 3.75. The number of aliphatic imine (C=N–C) groups is 1. The van der Waals surface area contributed by atoms with Crippen molar-refractivity contribution in [2.75, 3.05) is 13.2 Å². The van der Waals surface area contributed by atoms with Crippen molar-refractivity contribution in [3.05, 3.63) is 0 Å². The summed E-state index contributed by atoms with van der Waals surface area (Å²) in [6, 6.07) is 0. The molecule has 1 spiro atoms. The van der Waals surface area contributed by atoms with Gasteiger partial charge in [0.25, 0.3) is 0 Å². The Balaban J connectivity index is 1.45. The van der Waals surface area contributed by atoms with Gasteiger partial charge < -0.3 is 76.0 Å². The number of hydrogen-bond acceptors (Lipinski definition) is 16. The molecule has 14 atom stereocenters. The van der Waals surface area contributed by atoms with Crippen LogP contribution >= 0.6 is 0 Å². The number of aliphatic hydroxyl groups is 9. The number of guanidine groups is 1. The highest BCUT2D eigenvalue weighted by atomic mass is 16.9. The quantitative estimate of drug-likeness (QED) is 0.178. The summed E-state index contributed by atoms with van der Waals surface area (Å²) in [5.74, 6) is -4.35. The summed E-state index contributed by atoms with van der Waals surface area (Å²) >= 11 is 0. The highest BCUT2D eigenvalue weighted by molar-refractivity contribution is 5.80. The first kappa shape index (κ1) is 23.5. The van der Waals surface area contributed by atoms with Gasteiger partial charge in [-0.05, 0) is 0 Å². The van der Waals surface area contributed by atoms with Crippen LogP contribution in [0.15, 0.2) is 4.99 Å². The Morgan fingerprint density at radius 1 is 1.00 bits per heavy atom. The van der Waals surface area contributed by atoms with E-state index >= 15 is 0 Å². The topological polar surface area (TPSA) is 269 Å². The lowest BCUT2D eigenvalue weighted by Crippen LogP contribution is -2.95. The molecule has 4 bridgehead atoms. The van der Waals surface area contributed by atoms with Crippen LogP contribution in [0, 0.1) is 5.92 Å². The smallest absolute Gasteiger partial charge is 0.311 e. The van der Waals surface area contributed by atoms with E-state index in [1.807, 2.05) is 0 Å². The molecule has 16 heteroatoms. The molecule has 16 nitrogen and oxygen atoms in total. The molecular weight excluding hydrogens is 454 g/mol. The fourth-order valence-electron chi connectivity index (χ4n) is 5.64. The third-order valence-corrected chi connectivity index (χ3v) is 7.29. The van der Waals surface area contributed by atoms with E-state index in [2.05, 4.69) is 10.3 Å². The third kappa shape index (κ3) is 2.89. The van der Waals surface area contributed by atoms with Crippen molar-refractivity contribution in [1.29, 1.82) is 0 Å². The van der Waals surface area contributed by atoms with Gasteiger partial charge >= 0.3 is 5.97 Å². The zero-order valence-corrected chi connectivity index (χ0v) is 16.9. The molecule has 0 aromatic carbocycles. The molecule has 0 radical (unpaired) electrons. The minimum absolute atomic E-state index is 0.330. The number of ether oxygens (including phenoxy) is 4. The van der Waals surface area contributed by atoms with Crippen LogP contribution in [0.25, 0.3) is 0 Å². The normalized spacial score (nSPS) is 59.7. The summed E-state index contributed by atoms with van der Waals surface area (Å²) in [7, 11) is 0. The Hall–Kier alpha value is -1.25. The monoisotopic (exact) mass is 481 g/mol. The van der Waals surface area contributed by atoms with E-state index in [0.29, 0.717) is 0 Å². The van der Waals surface area contributed by atoms with Crippen LogP contribution in [-0.2, 0) is 18.9 Å². The Bertz CT molecular complexity index is 834. The average Bonchev–Trinajstić information content (AvgIpc) is 2.75. The predicted octanol–water partition coefficient (Wildman–Crippen LogP) is -7.70. The first-order valence-electron chi connectivity index (χ1n) is 10.3. The van der Waals surface area contributed by atoms with E-state index in [0.717, 1.165) is 0 Å². The predicted molar refractivity (Wildman–Crippen MR) is 98.4 cm³/mol. The van der Waals surface area contributed by atoms with Crippen molar-refractivity contribution in [1.82, 2.24) is 5.32 Å². The Morgan fingerprint density at radius 3 is 2.33 bits per heavy atom. The minimum Gasteiger partial charge on any atom is -0.394 e. The number of nitrogens with zero attached hydrogens (tertiary/aromatic N) is 1. The molecule has 0 aromatic rings. The second-order valence-corrected chi connectivity index (χ2v) is 9.07. The van der Waals surface area contributed by atoms with Gasteiger partial charge in [-0.2, -0.15) is 0 Å². The van der Waals surface area contributed by atoms with Gasteiger partial charge in [-0.1, -0.05) is 0 Å². The van der Waals surface area contributed by atoms with Crippen LogP contribution in [0.1, 0.15) is 0 Å². The third-order valence-electron chi connectivity index (χ3n) is 7.29. The van der Waals surface area contributed by atoms with E-state index in [9.17, 15) is 46.0 Å². The Labute approximate surface area is 185 Å². The molecule has 1 aliphatic carbocycles. The molecule has 0 aromatic heterocycles. The van der Waals surface area contributed by atoms with E-state index in [4.69, 9.17) is 24.7 Å². The fraction of sp³-hybridized carbons (Fsp3) is 0.941. The maximum absolute atomic E-state index is 11.5. The highest BCUT2D eigenvalue weighted by Crippen LogP contribution is 2.58. The second kappa shape index (κ2) is 7.37. The molecule has 5 fully saturated rings. The Kier molecular flexibility index (Phi) is 5.25. The van der Waals surface area contributed by atoms with Gasteiger partial charge in [0, 0.05) is 0 Å². The van der Waals surface area contributed by atoms with Crippen molar-refractivity contribution in [3.63, 3.8) is 0 Å². The highest BCUT2D eigenvalue weighted by Gasteiger charge is 2.83. The van der Waals surface area contributed by atoms with Crippen molar-refractivity contribution in [3.8, 4) is 0 Å². The summed E-state index contributed by atoms with van der Waals surface area (Å²) in [5, 5.41) is 96.5. The van der Waals surface area contributed by atoms with Crippen molar-refractivity contribution in [2.24, 2.45) is 16.6 Å². The molecule has 12 N–H and O–H groups in total. The second-order valence-electron chi connectivity index (χ2n) is 9.07. The standard InChI is InChI=1S/C17H27N3O13/c18-14-19-11(26)4-9-15(28,2-30-12-7(24)6(23)5(22)3(1-21)31-12)10-8(25)16(4,20-14)13(27)17(29,32-9)33-10/h3-13,21-29H,1-2H2,(H3,18,19,20)/t3-,4-,5+,6+,7-,8-,9?,10?,11-,12?,13+,15-,16-,17+/m1/s1. The maximum atomic E-state index is 11.5.